The summed E-state index contributed by atoms with van der Waals surface area (Å²) >= 11 is 0. The van der Waals surface area contributed by atoms with Crippen molar-refractivity contribution in [3.8, 4) is 0 Å². The van der Waals surface area contributed by atoms with E-state index in [4.69, 9.17) is 0 Å². The molecule has 0 unspecified atom stereocenters. The van der Waals surface area contributed by atoms with E-state index < -0.39 is 0 Å². The Morgan fingerprint density at radius 2 is 1.84 bits per heavy atom. The van der Waals surface area contributed by atoms with Crippen LogP contribution in [0, 0.1) is 0 Å². The number of likely N-dealkylation sites (N-methyl/N-ethyl adjacent to an activating group) is 1. The summed E-state index contributed by atoms with van der Waals surface area (Å²) in [5, 5.41) is 8.74. The Hall–Kier alpha value is -3.71. The van der Waals surface area contributed by atoms with Crippen molar-refractivity contribution in [2.24, 2.45) is 0 Å². The van der Waals surface area contributed by atoms with Crippen LogP contribution in [0.15, 0.2) is 66.4 Å². The summed E-state index contributed by atoms with van der Waals surface area (Å²) in [4.78, 5) is 38.6. The molecule has 3 N–H and O–H groups in total. The Morgan fingerprint density at radius 1 is 1.06 bits per heavy atom. The number of Topliss-reactive ketones (excluding diaryl/α,β-unsaturated/α-hetero) is 1. The molecule has 0 saturated carbocycles. The summed E-state index contributed by atoms with van der Waals surface area (Å²) < 4.78 is 0. The van der Waals surface area contributed by atoms with Crippen molar-refractivity contribution >= 4 is 40.7 Å². The molecular weight excluding hydrogens is 392 g/mol. The predicted molar refractivity (Wildman–Crippen MR) is 124 cm³/mol. The zero-order chi connectivity index (χ0) is 22.2. The van der Waals surface area contributed by atoms with Gasteiger partial charge in [0.05, 0.1) is 18.7 Å². The van der Waals surface area contributed by atoms with Gasteiger partial charge in [0.2, 0.25) is 11.8 Å². The lowest BCUT2D eigenvalue weighted by atomic mass is 10.1. The molecule has 1 aliphatic heterocycles. The first-order valence-corrected chi connectivity index (χ1v) is 10.0. The molecular formula is C24H26N4O3. The highest BCUT2D eigenvalue weighted by molar-refractivity contribution is 6.03. The molecule has 0 fully saturated rings. The molecule has 0 radical (unpaired) electrons. The van der Waals surface area contributed by atoms with Gasteiger partial charge in [-0.05, 0) is 43.8 Å². The first kappa shape index (κ1) is 22.0. The fourth-order valence-corrected chi connectivity index (χ4v) is 3.22. The second kappa shape index (κ2) is 10.4. The summed E-state index contributed by atoms with van der Waals surface area (Å²) in [6.45, 7) is 2.14. The molecule has 2 aromatic rings. The van der Waals surface area contributed by atoms with E-state index in [1.165, 1.54) is 6.92 Å². The van der Waals surface area contributed by atoms with Crippen LogP contribution < -0.4 is 20.9 Å². The van der Waals surface area contributed by atoms with Crippen molar-refractivity contribution in [1.29, 1.82) is 0 Å². The maximum absolute atomic E-state index is 12.6. The fourth-order valence-electron chi connectivity index (χ4n) is 3.22. The van der Waals surface area contributed by atoms with Gasteiger partial charge >= 0.3 is 0 Å². The van der Waals surface area contributed by atoms with Crippen LogP contribution in [0.5, 0.6) is 0 Å². The number of anilines is 3. The fraction of sp³-hybridized carbons (Fsp3) is 0.208. The Labute approximate surface area is 181 Å². The SMILES string of the molecule is CNCC(=O)N1CC=Cc2ccc(NC(=O)C/C(=C/Nc3ccccc3)C(C)=O)cc21. The number of fused-ring (bicyclic) bond motifs is 1. The number of benzene rings is 2. The molecule has 1 aliphatic rings. The molecule has 0 bridgehead atoms. The van der Waals surface area contributed by atoms with Crippen LogP contribution in [-0.4, -0.2) is 37.7 Å². The van der Waals surface area contributed by atoms with Gasteiger partial charge in [-0.15, -0.1) is 0 Å². The van der Waals surface area contributed by atoms with Crippen molar-refractivity contribution in [3.05, 3.63) is 71.9 Å². The number of hydrogen-bond donors (Lipinski definition) is 3. The highest BCUT2D eigenvalue weighted by atomic mass is 16.2. The second-order valence-corrected chi connectivity index (χ2v) is 7.17. The van der Waals surface area contributed by atoms with E-state index in [2.05, 4.69) is 16.0 Å². The van der Waals surface area contributed by atoms with Gasteiger partial charge in [0.15, 0.2) is 5.78 Å². The topological polar surface area (TPSA) is 90.5 Å². The third-order valence-corrected chi connectivity index (χ3v) is 4.81. The molecule has 0 aromatic heterocycles. The average molecular weight is 418 g/mol. The minimum Gasteiger partial charge on any atom is -0.361 e. The molecule has 2 amide bonds. The second-order valence-electron chi connectivity index (χ2n) is 7.17. The maximum Gasteiger partial charge on any atom is 0.241 e. The highest BCUT2D eigenvalue weighted by Gasteiger charge is 2.20. The van der Waals surface area contributed by atoms with Gasteiger partial charge in [-0.25, -0.2) is 0 Å². The summed E-state index contributed by atoms with van der Waals surface area (Å²) in [6.07, 6.45) is 5.38. The van der Waals surface area contributed by atoms with Crippen molar-refractivity contribution < 1.29 is 14.4 Å². The van der Waals surface area contributed by atoms with E-state index >= 15 is 0 Å². The third-order valence-electron chi connectivity index (χ3n) is 4.81. The molecule has 0 aliphatic carbocycles. The van der Waals surface area contributed by atoms with Crippen LogP contribution in [-0.2, 0) is 14.4 Å². The van der Waals surface area contributed by atoms with E-state index in [0.717, 1.165) is 16.9 Å². The Bertz CT molecular complexity index is 1030. The van der Waals surface area contributed by atoms with Gasteiger partial charge in [-0.1, -0.05) is 36.4 Å². The Balaban J connectivity index is 1.71. The van der Waals surface area contributed by atoms with Gasteiger partial charge < -0.3 is 20.9 Å². The van der Waals surface area contributed by atoms with E-state index in [0.29, 0.717) is 17.8 Å². The first-order valence-electron chi connectivity index (χ1n) is 10.0. The zero-order valence-corrected chi connectivity index (χ0v) is 17.6. The lowest BCUT2D eigenvalue weighted by Crippen LogP contribution is -2.38. The maximum atomic E-state index is 12.6. The van der Waals surface area contributed by atoms with Crippen LogP contribution in [0.3, 0.4) is 0 Å². The Kier molecular flexibility index (Phi) is 7.35. The van der Waals surface area contributed by atoms with Crippen molar-refractivity contribution in [3.63, 3.8) is 0 Å². The van der Waals surface area contributed by atoms with Crippen molar-refractivity contribution in [2.75, 3.05) is 35.7 Å². The number of hydrogen-bond acceptors (Lipinski definition) is 5. The monoisotopic (exact) mass is 418 g/mol. The van der Waals surface area contributed by atoms with Crippen molar-refractivity contribution in [2.45, 2.75) is 13.3 Å². The normalized spacial score (nSPS) is 12.8. The quantitative estimate of drug-likeness (QED) is 0.573. The summed E-state index contributed by atoms with van der Waals surface area (Å²) in [5.74, 6) is -0.543. The molecule has 7 heteroatoms. The smallest absolute Gasteiger partial charge is 0.241 e. The van der Waals surface area contributed by atoms with Gasteiger partial charge in [0.25, 0.3) is 0 Å². The molecule has 0 atom stereocenters. The number of para-hydroxylation sites is 1. The molecule has 0 spiro atoms. The van der Waals surface area contributed by atoms with Crippen molar-refractivity contribution in [1.82, 2.24) is 5.32 Å². The highest BCUT2D eigenvalue weighted by Crippen LogP contribution is 2.29. The average Bonchev–Trinajstić information content (AvgIpc) is 2.76. The van der Waals surface area contributed by atoms with E-state index in [9.17, 15) is 14.4 Å². The van der Waals surface area contributed by atoms with Gasteiger partial charge in [-0.3, -0.25) is 14.4 Å². The molecule has 3 rings (SSSR count). The van der Waals surface area contributed by atoms with Crippen LogP contribution in [0.1, 0.15) is 18.9 Å². The number of ketones is 1. The summed E-state index contributed by atoms with van der Waals surface area (Å²) in [5.41, 5.74) is 3.42. The van der Waals surface area contributed by atoms with Gasteiger partial charge in [0.1, 0.15) is 0 Å². The van der Waals surface area contributed by atoms with Gasteiger partial charge in [0, 0.05) is 29.7 Å². The molecule has 160 valence electrons. The zero-order valence-electron chi connectivity index (χ0n) is 17.6. The minimum absolute atomic E-state index is 0.0506. The Morgan fingerprint density at radius 3 is 2.55 bits per heavy atom. The number of nitrogens with one attached hydrogen (secondary N) is 3. The van der Waals surface area contributed by atoms with Crippen LogP contribution >= 0.6 is 0 Å². The van der Waals surface area contributed by atoms with E-state index in [1.54, 1.807) is 30.3 Å². The molecule has 0 saturated heterocycles. The summed E-state index contributed by atoms with van der Waals surface area (Å²) in [7, 11) is 1.72. The largest absolute Gasteiger partial charge is 0.361 e. The lowest BCUT2D eigenvalue weighted by Gasteiger charge is -2.27. The number of amides is 2. The predicted octanol–water partition coefficient (Wildman–Crippen LogP) is 3.18. The van der Waals surface area contributed by atoms with E-state index in [1.807, 2.05) is 48.6 Å². The number of carbonyl (C=O) groups is 3. The minimum atomic E-state index is -0.310. The number of rotatable bonds is 8. The van der Waals surface area contributed by atoms with Crippen LogP contribution in [0.2, 0.25) is 0 Å². The molecule has 31 heavy (non-hydrogen) atoms. The third kappa shape index (κ3) is 5.90. The summed E-state index contributed by atoms with van der Waals surface area (Å²) in [6, 6.07) is 14.8. The van der Waals surface area contributed by atoms with Crippen LogP contribution in [0.25, 0.3) is 6.08 Å². The standard InChI is InChI=1S/C24H26N4O3/c1-17(29)19(15-26-20-8-4-3-5-9-20)13-23(30)27-21-11-10-18-7-6-12-28(22(18)14-21)24(31)16-25-2/h3-11,14-15,25-26H,12-13,16H2,1-2H3,(H,27,30)/b19-15-. The number of nitrogens with zero attached hydrogens (tertiary/aromatic N) is 1. The lowest BCUT2D eigenvalue weighted by molar-refractivity contribution is -0.118. The first-order chi connectivity index (χ1) is 15.0. The van der Waals surface area contributed by atoms with E-state index in [-0.39, 0.29) is 30.6 Å². The molecule has 2 aromatic carbocycles. The van der Waals surface area contributed by atoms with Crippen LogP contribution in [0.4, 0.5) is 17.1 Å². The number of carbonyl (C=O) groups excluding carboxylic acids is 3. The molecule has 1 heterocycles. The molecule has 7 nitrogen and oxygen atoms in total. The van der Waals surface area contributed by atoms with Gasteiger partial charge in [-0.2, -0.15) is 0 Å².